The number of hydrogen-bond acceptors (Lipinski definition) is 7. The van der Waals surface area contributed by atoms with E-state index in [1.165, 1.54) is 0 Å². The third-order valence-corrected chi connectivity index (χ3v) is 6.30. The molecule has 5 rings (SSSR count). The van der Waals surface area contributed by atoms with Crippen molar-refractivity contribution in [1.82, 2.24) is 35.3 Å². The summed E-state index contributed by atoms with van der Waals surface area (Å²) >= 11 is 0. The molecule has 0 unspecified atom stereocenters. The van der Waals surface area contributed by atoms with Crippen molar-refractivity contribution in [3.63, 3.8) is 0 Å². The first-order valence-corrected chi connectivity index (χ1v) is 11.2. The average molecular weight is 447 g/mol. The molecule has 1 aliphatic rings. The standard InChI is InChI=1S/C24H30N8O/c1-23(2)10-16(11-24(3,4)31-23)32-21-19(28-22(32)25-5)9-18(29-30-21)17-7-6-14(8-20(17)33)15-12-26-27-13-15/h6-9,12-13,16,31,33H,10-11H2,1-5H3,(H,25,28)(H,26,27). The van der Waals surface area contributed by atoms with E-state index < -0.39 is 0 Å². The second-order valence-corrected chi connectivity index (χ2v) is 10.2. The zero-order chi connectivity index (χ0) is 23.4. The van der Waals surface area contributed by atoms with Gasteiger partial charge in [-0.15, -0.1) is 10.2 Å². The van der Waals surface area contributed by atoms with Crippen molar-refractivity contribution in [3.8, 4) is 28.1 Å². The molecule has 1 aliphatic heterocycles. The number of anilines is 1. The Labute approximate surface area is 192 Å². The van der Waals surface area contributed by atoms with E-state index in [0.717, 1.165) is 41.1 Å². The van der Waals surface area contributed by atoms with E-state index >= 15 is 0 Å². The number of phenols is 1. The molecule has 0 atom stereocenters. The van der Waals surface area contributed by atoms with Gasteiger partial charge in [0.1, 0.15) is 11.3 Å². The van der Waals surface area contributed by atoms with E-state index in [1.54, 1.807) is 18.5 Å². The Morgan fingerprint density at radius 1 is 1.06 bits per heavy atom. The third-order valence-electron chi connectivity index (χ3n) is 6.30. The van der Waals surface area contributed by atoms with E-state index in [2.05, 4.69) is 63.3 Å². The Morgan fingerprint density at radius 2 is 1.82 bits per heavy atom. The maximum atomic E-state index is 10.7. The molecule has 9 nitrogen and oxygen atoms in total. The van der Waals surface area contributed by atoms with Gasteiger partial charge in [0.15, 0.2) is 5.65 Å². The van der Waals surface area contributed by atoms with Gasteiger partial charge in [-0.05, 0) is 64.3 Å². The van der Waals surface area contributed by atoms with Gasteiger partial charge in [0, 0.05) is 41.5 Å². The fraction of sp³-hybridized carbons (Fsp3) is 0.417. The number of fused-ring (bicyclic) bond motifs is 1. The summed E-state index contributed by atoms with van der Waals surface area (Å²) in [4.78, 5) is 4.81. The van der Waals surface area contributed by atoms with Gasteiger partial charge in [-0.3, -0.25) is 9.67 Å². The van der Waals surface area contributed by atoms with Gasteiger partial charge in [0.25, 0.3) is 0 Å². The van der Waals surface area contributed by atoms with E-state index in [-0.39, 0.29) is 22.9 Å². The van der Waals surface area contributed by atoms with Crippen molar-refractivity contribution >= 4 is 17.1 Å². The van der Waals surface area contributed by atoms with Crippen LogP contribution in [0.3, 0.4) is 0 Å². The highest BCUT2D eigenvalue weighted by atomic mass is 16.3. The number of aromatic hydroxyl groups is 1. The monoisotopic (exact) mass is 446 g/mol. The van der Waals surface area contributed by atoms with E-state index in [9.17, 15) is 5.11 Å². The maximum Gasteiger partial charge on any atom is 0.205 e. The van der Waals surface area contributed by atoms with Gasteiger partial charge in [0.2, 0.25) is 5.95 Å². The van der Waals surface area contributed by atoms with Crippen molar-refractivity contribution in [2.75, 3.05) is 12.4 Å². The van der Waals surface area contributed by atoms with Gasteiger partial charge >= 0.3 is 0 Å². The largest absolute Gasteiger partial charge is 0.507 e. The molecule has 0 saturated carbocycles. The summed E-state index contributed by atoms with van der Waals surface area (Å²) in [5.41, 5.74) is 4.44. The number of rotatable bonds is 4. The third kappa shape index (κ3) is 3.93. The summed E-state index contributed by atoms with van der Waals surface area (Å²) in [6.07, 6.45) is 5.41. The van der Waals surface area contributed by atoms with Crippen molar-refractivity contribution in [3.05, 3.63) is 36.7 Å². The molecule has 0 spiro atoms. The van der Waals surface area contributed by atoms with Crippen LogP contribution in [-0.4, -0.2) is 53.2 Å². The predicted molar refractivity (Wildman–Crippen MR) is 129 cm³/mol. The zero-order valence-electron chi connectivity index (χ0n) is 19.6. The highest BCUT2D eigenvalue weighted by Crippen LogP contribution is 2.40. The fourth-order valence-electron chi connectivity index (χ4n) is 5.34. The Hall–Kier alpha value is -3.46. The summed E-state index contributed by atoms with van der Waals surface area (Å²) in [6, 6.07) is 7.61. The van der Waals surface area contributed by atoms with Crippen LogP contribution in [0.1, 0.15) is 46.6 Å². The number of aromatic amines is 1. The SMILES string of the molecule is CNc1nc2cc(-c3ccc(-c4cn[nH]c4)cc3O)nnc2n1C1CC(C)(C)NC(C)(C)C1. The van der Waals surface area contributed by atoms with Crippen LogP contribution in [0.4, 0.5) is 5.95 Å². The summed E-state index contributed by atoms with van der Waals surface area (Å²) in [5, 5.41) is 33.5. The van der Waals surface area contributed by atoms with Crippen LogP contribution in [0.15, 0.2) is 36.7 Å². The molecule has 0 amide bonds. The molecule has 4 aromatic rings. The number of benzene rings is 1. The molecular formula is C24H30N8O. The average Bonchev–Trinajstić information content (AvgIpc) is 3.38. The van der Waals surface area contributed by atoms with Crippen LogP contribution >= 0.6 is 0 Å². The molecular weight excluding hydrogens is 416 g/mol. The highest BCUT2D eigenvalue weighted by Gasteiger charge is 2.39. The van der Waals surface area contributed by atoms with Gasteiger partial charge in [0.05, 0.1) is 11.9 Å². The molecule has 4 heterocycles. The Bertz CT molecular complexity index is 1290. The number of H-pyrrole nitrogens is 1. The molecule has 1 fully saturated rings. The summed E-state index contributed by atoms with van der Waals surface area (Å²) in [5.74, 6) is 0.909. The lowest BCUT2D eigenvalue weighted by atomic mass is 9.79. The molecule has 3 aromatic heterocycles. The first-order chi connectivity index (χ1) is 15.7. The number of nitrogens with one attached hydrogen (secondary N) is 3. The van der Waals surface area contributed by atoms with Crippen molar-refractivity contribution in [1.29, 1.82) is 0 Å². The van der Waals surface area contributed by atoms with Crippen LogP contribution < -0.4 is 10.6 Å². The van der Waals surface area contributed by atoms with E-state index in [0.29, 0.717) is 11.3 Å². The maximum absolute atomic E-state index is 10.7. The van der Waals surface area contributed by atoms with Gasteiger partial charge in [-0.2, -0.15) is 5.10 Å². The number of phenolic OH excluding ortho intramolecular Hbond substituents is 1. The molecule has 33 heavy (non-hydrogen) atoms. The number of piperidine rings is 1. The van der Waals surface area contributed by atoms with Crippen LogP contribution in [0.5, 0.6) is 5.75 Å². The van der Waals surface area contributed by atoms with E-state index in [4.69, 9.17) is 4.98 Å². The Morgan fingerprint density at radius 3 is 2.45 bits per heavy atom. The summed E-state index contributed by atoms with van der Waals surface area (Å²) in [6.45, 7) is 8.94. The van der Waals surface area contributed by atoms with Crippen molar-refractivity contribution in [2.24, 2.45) is 0 Å². The second-order valence-electron chi connectivity index (χ2n) is 10.2. The number of nitrogens with zero attached hydrogens (tertiary/aromatic N) is 5. The number of aromatic nitrogens is 6. The van der Waals surface area contributed by atoms with Gasteiger partial charge in [-0.1, -0.05) is 6.07 Å². The van der Waals surface area contributed by atoms with Crippen LogP contribution in [0.2, 0.25) is 0 Å². The topological polar surface area (TPSA) is 117 Å². The van der Waals surface area contributed by atoms with Crippen LogP contribution in [0, 0.1) is 0 Å². The molecule has 0 radical (unpaired) electrons. The quantitative estimate of drug-likeness (QED) is 0.373. The zero-order valence-corrected chi connectivity index (χ0v) is 19.6. The van der Waals surface area contributed by atoms with Gasteiger partial charge in [-0.25, -0.2) is 4.98 Å². The highest BCUT2D eigenvalue weighted by molar-refractivity contribution is 5.81. The normalized spacial score (nSPS) is 18.0. The number of hydrogen-bond donors (Lipinski definition) is 4. The second kappa shape index (κ2) is 7.55. The molecule has 1 aromatic carbocycles. The minimum atomic E-state index is -0.0100. The first-order valence-electron chi connectivity index (χ1n) is 11.2. The van der Waals surface area contributed by atoms with Crippen LogP contribution in [0.25, 0.3) is 33.5 Å². The molecule has 1 saturated heterocycles. The first kappa shape index (κ1) is 21.4. The molecule has 9 heteroatoms. The minimum Gasteiger partial charge on any atom is -0.507 e. The predicted octanol–water partition coefficient (Wildman–Crippen LogP) is 4.11. The Balaban J connectivity index is 1.55. The van der Waals surface area contributed by atoms with Gasteiger partial charge < -0.3 is 15.7 Å². The minimum absolute atomic E-state index is 0.0100. The molecule has 4 N–H and O–H groups in total. The smallest absolute Gasteiger partial charge is 0.205 e. The van der Waals surface area contributed by atoms with Crippen molar-refractivity contribution in [2.45, 2.75) is 57.7 Å². The molecule has 0 aliphatic carbocycles. The fourth-order valence-corrected chi connectivity index (χ4v) is 5.34. The molecule has 0 bridgehead atoms. The Kier molecular flexibility index (Phi) is 4.89. The van der Waals surface area contributed by atoms with E-state index in [1.807, 2.05) is 25.2 Å². The lowest BCUT2D eigenvalue weighted by Gasteiger charge is -2.47. The lowest BCUT2D eigenvalue weighted by molar-refractivity contribution is 0.135. The van der Waals surface area contributed by atoms with Crippen LogP contribution in [-0.2, 0) is 0 Å². The molecule has 172 valence electrons. The summed E-state index contributed by atoms with van der Waals surface area (Å²) < 4.78 is 2.18. The van der Waals surface area contributed by atoms with Crippen molar-refractivity contribution < 1.29 is 5.11 Å². The summed E-state index contributed by atoms with van der Waals surface area (Å²) in [7, 11) is 1.88. The lowest BCUT2D eigenvalue weighted by Crippen LogP contribution is -2.58. The number of imidazole rings is 1.